The fourth-order valence-electron chi connectivity index (χ4n) is 2.76. The maximum absolute atomic E-state index is 6.43. The van der Waals surface area contributed by atoms with Gasteiger partial charge in [-0.05, 0) is 49.6 Å². The van der Waals surface area contributed by atoms with E-state index in [0.29, 0.717) is 17.3 Å². The molecule has 2 rings (SSSR count). The Labute approximate surface area is 113 Å². The van der Waals surface area contributed by atoms with E-state index in [1.54, 1.807) is 7.11 Å². The van der Waals surface area contributed by atoms with Crippen LogP contribution in [0.1, 0.15) is 36.4 Å². The Morgan fingerprint density at radius 2 is 2.11 bits per heavy atom. The van der Waals surface area contributed by atoms with Gasteiger partial charge in [0.15, 0.2) is 0 Å². The Morgan fingerprint density at radius 3 is 2.56 bits per heavy atom. The molecule has 1 fully saturated rings. The predicted molar refractivity (Wildman–Crippen MR) is 75.0 cm³/mol. The van der Waals surface area contributed by atoms with E-state index < -0.39 is 0 Å². The molecule has 1 aromatic rings. The first-order valence-corrected chi connectivity index (χ1v) is 6.71. The molecule has 0 amide bonds. The minimum absolute atomic E-state index is 0.0420. The number of nitrogens with two attached hydrogens (primary N) is 2. The van der Waals surface area contributed by atoms with Crippen molar-refractivity contribution in [2.24, 2.45) is 16.9 Å². The Hall–Kier alpha value is -0.770. The number of aryl methyl sites for hydroxylation is 1. The van der Waals surface area contributed by atoms with Gasteiger partial charge < -0.3 is 16.2 Å². The first-order valence-electron chi connectivity index (χ1n) is 6.34. The van der Waals surface area contributed by atoms with Crippen LogP contribution in [0.2, 0.25) is 5.02 Å². The molecule has 0 bridgehead atoms. The molecule has 0 aliphatic heterocycles. The highest BCUT2D eigenvalue weighted by Crippen LogP contribution is 2.49. The van der Waals surface area contributed by atoms with E-state index in [9.17, 15) is 0 Å². The third-order valence-electron chi connectivity index (χ3n) is 4.29. The van der Waals surface area contributed by atoms with Crippen molar-refractivity contribution < 1.29 is 4.74 Å². The van der Waals surface area contributed by atoms with Crippen LogP contribution in [0.15, 0.2) is 12.1 Å². The van der Waals surface area contributed by atoms with Crippen LogP contribution in [0.5, 0.6) is 5.75 Å². The summed E-state index contributed by atoms with van der Waals surface area (Å²) in [6.07, 6.45) is 3.43. The van der Waals surface area contributed by atoms with E-state index in [-0.39, 0.29) is 11.5 Å². The molecule has 1 unspecified atom stereocenters. The van der Waals surface area contributed by atoms with E-state index in [4.69, 9.17) is 27.8 Å². The highest BCUT2D eigenvalue weighted by Gasteiger charge is 2.42. The number of halogens is 1. The van der Waals surface area contributed by atoms with E-state index >= 15 is 0 Å². The van der Waals surface area contributed by atoms with Gasteiger partial charge in [-0.1, -0.05) is 18.0 Å². The van der Waals surface area contributed by atoms with Gasteiger partial charge >= 0.3 is 0 Å². The molecular weight excluding hydrogens is 248 g/mol. The van der Waals surface area contributed by atoms with Crippen LogP contribution in [-0.2, 0) is 0 Å². The minimum atomic E-state index is -0.0420. The Balaban J connectivity index is 2.36. The van der Waals surface area contributed by atoms with Gasteiger partial charge in [-0.15, -0.1) is 0 Å². The highest BCUT2D eigenvalue weighted by molar-refractivity contribution is 6.32. The van der Waals surface area contributed by atoms with Gasteiger partial charge in [0.25, 0.3) is 0 Å². The zero-order valence-electron chi connectivity index (χ0n) is 11.0. The molecule has 1 saturated carbocycles. The van der Waals surface area contributed by atoms with Crippen molar-refractivity contribution in [2.45, 2.75) is 32.2 Å². The van der Waals surface area contributed by atoms with Crippen molar-refractivity contribution in [3.63, 3.8) is 0 Å². The topological polar surface area (TPSA) is 61.3 Å². The molecule has 4 heteroatoms. The number of hydrogen-bond acceptors (Lipinski definition) is 3. The summed E-state index contributed by atoms with van der Waals surface area (Å²) in [5.41, 5.74) is 14.6. The lowest BCUT2D eigenvalue weighted by molar-refractivity contribution is 0.104. The summed E-state index contributed by atoms with van der Waals surface area (Å²) in [5, 5.41) is 0.611. The van der Waals surface area contributed by atoms with Crippen molar-refractivity contribution in [2.75, 3.05) is 13.7 Å². The van der Waals surface area contributed by atoms with Crippen LogP contribution >= 0.6 is 11.6 Å². The van der Waals surface area contributed by atoms with Crippen LogP contribution in [0, 0.1) is 12.3 Å². The van der Waals surface area contributed by atoms with Crippen LogP contribution in [0.25, 0.3) is 0 Å². The third kappa shape index (κ3) is 2.11. The monoisotopic (exact) mass is 268 g/mol. The van der Waals surface area contributed by atoms with Crippen molar-refractivity contribution in [1.29, 1.82) is 0 Å². The molecule has 0 aromatic heterocycles. The van der Waals surface area contributed by atoms with Crippen molar-refractivity contribution in [1.82, 2.24) is 0 Å². The number of ether oxygens (including phenoxy) is 1. The van der Waals surface area contributed by atoms with Gasteiger partial charge in [0.1, 0.15) is 5.75 Å². The summed E-state index contributed by atoms with van der Waals surface area (Å²) in [4.78, 5) is 0. The van der Waals surface area contributed by atoms with Gasteiger partial charge in [-0.3, -0.25) is 0 Å². The fourth-order valence-corrected chi connectivity index (χ4v) is 3.01. The Morgan fingerprint density at radius 1 is 1.44 bits per heavy atom. The quantitative estimate of drug-likeness (QED) is 0.883. The van der Waals surface area contributed by atoms with E-state index in [2.05, 4.69) is 0 Å². The average molecular weight is 269 g/mol. The van der Waals surface area contributed by atoms with Gasteiger partial charge in [0.2, 0.25) is 0 Å². The summed E-state index contributed by atoms with van der Waals surface area (Å²) in [7, 11) is 1.62. The van der Waals surface area contributed by atoms with Crippen LogP contribution in [0.4, 0.5) is 0 Å². The zero-order valence-corrected chi connectivity index (χ0v) is 11.8. The Kier molecular flexibility index (Phi) is 3.85. The molecule has 3 nitrogen and oxygen atoms in total. The second-order valence-corrected chi connectivity index (χ2v) is 5.65. The molecule has 1 aliphatic carbocycles. The predicted octanol–water partition coefficient (Wildman–Crippen LogP) is 2.79. The number of methoxy groups -OCH3 is 1. The maximum atomic E-state index is 6.43. The van der Waals surface area contributed by atoms with Crippen molar-refractivity contribution >= 4 is 11.6 Å². The molecule has 1 aromatic carbocycles. The second kappa shape index (κ2) is 5.08. The smallest absolute Gasteiger partial charge is 0.137 e. The molecule has 100 valence electrons. The summed E-state index contributed by atoms with van der Waals surface area (Å²) >= 11 is 6.19. The lowest BCUT2D eigenvalue weighted by Crippen LogP contribution is -2.46. The largest absolute Gasteiger partial charge is 0.495 e. The highest BCUT2D eigenvalue weighted by atomic mass is 35.5. The van der Waals surface area contributed by atoms with Crippen LogP contribution in [0.3, 0.4) is 0 Å². The van der Waals surface area contributed by atoms with Gasteiger partial charge in [0.05, 0.1) is 12.1 Å². The van der Waals surface area contributed by atoms with Gasteiger partial charge in [-0.25, -0.2) is 0 Å². The van der Waals surface area contributed by atoms with Crippen LogP contribution < -0.4 is 16.2 Å². The van der Waals surface area contributed by atoms with Crippen molar-refractivity contribution in [3.05, 3.63) is 28.3 Å². The zero-order chi connectivity index (χ0) is 13.3. The molecule has 0 radical (unpaired) electrons. The molecule has 0 spiro atoms. The molecule has 18 heavy (non-hydrogen) atoms. The molecule has 1 aliphatic rings. The molecule has 0 heterocycles. The van der Waals surface area contributed by atoms with Gasteiger partial charge in [0, 0.05) is 11.5 Å². The Bertz CT molecular complexity index is 438. The third-order valence-corrected chi connectivity index (χ3v) is 4.59. The van der Waals surface area contributed by atoms with Gasteiger partial charge in [-0.2, -0.15) is 0 Å². The molecule has 0 saturated heterocycles. The first-order chi connectivity index (χ1) is 8.54. The number of hydrogen-bond donors (Lipinski definition) is 2. The van der Waals surface area contributed by atoms with E-state index in [1.807, 2.05) is 19.1 Å². The summed E-state index contributed by atoms with van der Waals surface area (Å²) < 4.78 is 5.22. The lowest BCUT2D eigenvalue weighted by atomic mass is 9.62. The SMILES string of the molecule is COc1cc(C)c(C(N)C2(CN)CCC2)cc1Cl. The molecular formula is C14H21ClN2O. The summed E-state index contributed by atoms with van der Waals surface area (Å²) in [5.74, 6) is 0.695. The minimum Gasteiger partial charge on any atom is -0.495 e. The fraction of sp³-hybridized carbons (Fsp3) is 0.571. The normalized spacial score (nSPS) is 19.2. The number of rotatable bonds is 4. The second-order valence-electron chi connectivity index (χ2n) is 5.24. The maximum Gasteiger partial charge on any atom is 0.137 e. The van der Waals surface area contributed by atoms with Crippen molar-refractivity contribution in [3.8, 4) is 5.75 Å². The molecule has 1 atom stereocenters. The molecule has 4 N–H and O–H groups in total. The average Bonchev–Trinajstić information content (AvgIpc) is 2.30. The summed E-state index contributed by atoms with van der Waals surface area (Å²) in [6, 6.07) is 3.83. The van der Waals surface area contributed by atoms with E-state index in [0.717, 1.165) is 24.0 Å². The first kappa shape index (κ1) is 13.7. The van der Waals surface area contributed by atoms with Crippen LogP contribution in [-0.4, -0.2) is 13.7 Å². The van der Waals surface area contributed by atoms with E-state index in [1.165, 1.54) is 6.42 Å². The summed E-state index contributed by atoms with van der Waals surface area (Å²) in [6.45, 7) is 2.67. The lowest BCUT2D eigenvalue weighted by Gasteiger charge is -2.46. The number of benzene rings is 1. The standard InChI is InChI=1S/C14H21ClN2O/c1-9-6-12(18-2)11(15)7-10(9)13(17)14(8-16)4-3-5-14/h6-7,13H,3-5,8,16-17H2,1-2H3.